The minimum Gasteiger partial charge on any atom is -0.351 e. The number of carbonyl (C=O) groups excluding carboxylic acids is 1. The van der Waals surface area contributed by atoms with E-state index < -0.39 is 0 Å². The molecule has 0 unspecified atom stereocenters. The van der Waals surface area contributed by atoms with E-state index in [-0.39, 0.29) is 11.5 Å². The summed E-state index contributed by atoms with van der Waals surface area (Å²) < 4.78 is 2.00. The summed E-state index contributed by atoms with van der Waals surface area (Å²) in [5.41, 5.74) is 5.56. The number of aromatic nitrogens is 1. The molecular formula is C25H25N3O. The molecule has 0 saturated carbocycles. The second-order valence-corrected chi connectivity index (χ2v) is 7.04. The van der Waals surface area contributed by atoms with Crippen molar-refractivity contribution in [3.63, 3.8) is 0 Å². The van der Waals surface area contributed by atoms with Crippen LogP contribution in [0.5, 0.6) is 0 Å². The maximum absolute atomic E-state index is 12.5. The van der Waals surface area contributed by atoms with Gasteiger partial charge in [-0.25, -0.2) is 0 Å². The number of nitrogens with one attached hydrogen (secondary N) is 1. The molecule has 1 aromatic heterocycles. The van der Waals surface area contributed by atoms with Crippen molar-refractivity contribution in [1.82, 2.24) is 9.88 Å². The van der Waals surface area contributed by atoms with Gasteiger partial charge in [0.2, 0.25) is 0 Å². The first kappa shape index (κ1) is 20.2. The number of benzene rings is 2. The molecule has 0 fully saturated rings. The fourth-order valence-electron chi connectivity index (χ4n) is 3.26. The molecule has 0 aliphatic carbocycles. The molecule has 0 aliphatic rings. The lowest BCUT2D eigenvalue weighted by Crippen LogP contribution is -2.26. The Labute approximate surface area is 172 Å². The van der Waals surface area contributed by atoms with Crippen LogP contribution in [0.2, 0.25) is 0 Å². The molecule has 1 amide bonds. The zero-order chi connectivity index (χ0) is 20.6. The molecule has 0 atom stereocenters. The first-order valence-electron chi connectivity index (χ1n) is 9.78. The van der Waals surface area contributed by atoms with Crippen LogP contribution >= 0.6 is 0 Å². The van der Waals surface area contributed by atoms with Crippen LogP contribution < -0.4 is 5.32 Å². The lowest BCUT2D eigenvalue weighted by atomic mass is 10.1. The molecule has 0 spiro atoms. The van der Waals surface area contributed by atoms with Gasteiger partial charge in [-0.1, -0.05) is 42.5 Å². The van der Waals surface area contributed by atoms with Gasteiger partial charge in [-0.05, 0) is 67.7 Å². The van der Waals surface area contributed by atoms with Gasteiger partial charge < -0.3 is 9.88 Å². The molecule has 2 aromatic carbocycles. The second kappa shape index (κ2) is 9.57. The van der Waals surface area contributed by atoms with Crippen LogP contribution in [0.1, 0.15) is 28.8 Å². The first-order chi connectivity index (χ1) is 14.1. The van der Waals surface area contributed by atoms with Gasteiger partial charge in [0.15, 0.2) is 0 Å². The lowest BCUT2D eigenvalue weighted by Gasteiger charge is -2.12. The Kier molecular flexibility index (Phi) is 6.65. The van der Waals surface area contributed by atoms with E-state index in [4.69, 9.17) is 0 Å². The first-order valence-corrected chi connectivity index (χ1v) is 9.78. The van der Waals surface area contributed by atoms with Gasteiger partial charge in [0.1, 0.15) is 11.6 Å². The number of hydrogen-bond acceptors (Lipinski definition) is 2. The third kappa shape index (κ3) is 5.03. The van der Waals surface area contributed by atoms with E-state index in [2.05, 4.69) is 37.4 Å². The Morgan fingerprint density at radius 3 is 2.62 bits per heavy atom. The van der Waals surface area contributed by atoms with Crippen LogP contribution in [-0.2, 0) is 11.2 Å². The van der Waals surface area contributed by atoms with Gasteiger partial charge in [0.05, 0.1) is 0 Å². The molecule has 146 valence electrons. The molecule has 1 heterocycles. The van der Waals surface area contributed by atoms with Gasteiger partial charge in [-0.2, -0.15) is 5.26 Å². The Bertz CT molecular complexity index is 1060. The largest absolute Gasteiger partial charge is 0.351 e. The van der Waals surface area contributed by atoms with Crippen molar-refractivity contribution in [3.8, 4) is 11.8 Å². The highest BCUT2D eigenvalue weighted by Crippen LogP contribution is 2.21. The predicted molar refractivity (Wildman–Crippen MR) is 117 cm³/mol. The summed E-state index contributed by atoms with van der Waals surface area (Å²) in [6.07, 6.45) is 5.31. The van der Waals surface area contributed by atoms with E-state index >= 15 is 0 Å². The van der Waals surface area contributed by atoms with Crippen LogP contribution in [0.15, 0.2) is 72.4 Å². The van der Waals surface area contributed by atoms with Crippen molar-refractivity contribution in [2.45, 2.75) is 26.7 Å². The van der Waals surface area contributed by atoms with Crippen molar-refractivity contribution in [2.75, 3.05) is 6.54 Å². The number of nitrogens with zero attached hydrogens (tertiary/aromatic N) is 2. The molecule has 4 nitrogen and oxygen atoms in total. The van der Waals surface area contributed by atoms with E-state index in [1.54, 1.807) is 6.08 Å². The van der Waals surface area contributed by atoms with Gasteiger partial charge in [-0.3, -0.25) is 4.79 Å². The minimum absolute atomic E-state index is 0.106. The summed E-state index contributed by atoms with van der Waals surface area (Å²) in [6, 6.07) is 22.1. The molecular weight excluding hydrogens is 358 g/mol. The number of hydrogen-bond donors (Lipinski definition) is 1. The minimum atomic E-state index is -0.339. The SMILES string of the molecule is Cc1cccc(-n2cccc2/C=C(/C#N)C(=O)NCCCc2ccccc2)c1C. The molecule has 3 aromatic rings. The standard InChI is InChI=1S/C25H25N3O/c1-19-9-6-14-24(20(19)2)28-16-8-13-23(28)17-22(18-26)25(29)27-15-7-12-21-10-4-3-5-11-21/h3-6,8-11,13-14,16-17H,7,12,15H2,1-2H3,(H,27,29)/b22-17-. The van der Waals surface area contributed by atoms with Crippen molar-refractivity contribution in [2.24, 2.45) is 0 Å². The van der Waals surface area contributed by atoms with Crippen LogP contribution in [0.4, 0.5) is 0 Å². The molecule has 29 heavy (non-hydrogen) atoms. The highest BCUT2D eigenvalue weighted by Gasteiger charge is 2.11. The molecule has 1 N–H and O–H groups in total. The smallest absolute Gasteiger partial charge is 0.262 e. The summed E-state index contributed by atoms with van der Waals surface area (Å²) in [4.78, 5) is 12.5. The third-order valence-corrected chi connectivity index (χ3v) is 5.04. The Morgan fingerprint density at radius 1 is 1.07 bits per heavy atom. The molecule has 4 heteroatoms. The molecule has 3 rings (SSSR count). The topological polar surface area (TPSA) is 57.8 Å². The van der Waals surface area contributed by atoms with Crippen molar-refractivity contribution < 1.29 is 4.79 Å². The highest BCUT2D eigenvalue weighted by atomic mass is 16.1. The van der Waals surface area contributed by atoms with Crippen LogP contribution in [0.3, 0.4) is 0 Å². The molecule has 0 saturated heterocycles. The van der Waals surface area contributed by atoms with Crippen molar-refractivity contribution >= 4 is 12.0 Å². The summed E-state index contributed by atoms with van der Waals surface area (Å²) in [5.74, 6) is -0.339. The zero-order valence-electron chi connectivity index (χ0n) is 16.9. The maximum Gasteiger partial charge on any atom is 0.262 e. The summed E-state index contributed by atoms with van der Waals surface area (Å²) in [6.45, 7) is 4.68. The Balaban J connectivity index is 1.69. The quantitative estimate of drug-likeness (QED) is 0.364. The van der Waals surface area contributed by atoms with Gasteiger partial charge >= 0.3 is 0 Å². The number of rotatable bonds is 7. The van der Waals surface area contributed by atoms with E-state index in [1.165, 1.54) is 16.7 Å². The fraction of sp³-hybridized carbons (Fsp3) is 0.200. The summed E-state index contributed by atoms with van der Waals surface area (Å²) in [7, 11) is 0. The number of amides is 1. The second-order valence-electron chi connectivity index (χ2n) is 7.04. The fourth-order valence-corrected chi connectivity index (χ4v) is 3.26. The zero-order valence-corrected chi connectivity index (χ0v) is 16.9. The van der Waals surface area contributed by atoms with E-state index in [9.17, 15) is 10.1 Å². The van der Waals surface area contributed by atoms with Gasteiger partial charge in [0, 0.05) is 24.1 Å². The number of nitriles is 1. The van der Waals surface area contributed by atoms with Crippen LogP contribution in [0.25, 0.3) is 11.8 Å². The van der Waals surface area contributed by atoms with Crippen LogP contribution in [-0.4, -0.2) is 17.0 Å². The Hall–Kier alpha value is -3.58. The molecule has 0 radical (unpaired) electrons. The van der Waals surface area contributed by atoms with Crippen LogP contribution in [0, 0.1) is 25.2 Å². The average Bonchev–Trinajstić information content (AvgIpc) is 3.20. The molecule has 0 bridgehead atoms. The monoisotopic (exact) mass is 383 g/mol. The predicted octanol–water partition coefficient (Wildman–Crippen LogP) is 4.75. The van der Waals surface area contributed by atoms with Crippen molar-refractivity contribution in [3.05, 3.63) is 94.8 Å². The lowest BCUT2D eigenvalue weighted by molar-refractivity contribution is -0.117. The van der Waals surface area contributed by atoms with E-state index in [0.717, 1.165) is 24.2 Å². The number of aryl methyl sites for hydroxylation is 2. The average molecular weight is 383 g/mol. The normalized spacial score (nSPS) is 11.1. The summed E-state index contributed by atoms with van der Waals surface area (Å²) in [5, 5.41) is 12.4. The van der Waals surface area contributed by atoms with Gasteiger partial charge in [-0.15, -0.1) is 0 Å². The third-order valence-electron chi connectivity index (χ3n) is 5.04. The Morgan fingerprint density at radius 2 is 1.86 bits per heavy atom. The summed E-state index contributed by atoms with van der Waals surface area (Å²) >= 11 is 0. The highest BCUT2D eigenvalue weighted by molar-refractivity contribution is 6.01. The van der Waals surface area contributed by atoms with Crippen molar-refractivity contribution in [1.29, 1.82) is 5.26 Å². The number of carbonyl (C=O) groups is 1. The maximum atomic E-state index is 12.5. The van der Waals surface area contributed by atoms with Gasteiger partial charge in [0.25, 0.3) is 5.91 Å². The van der Waals surface area contributed by atoms with E-state index in [1.807, 2.05) is 59.3 Å². The van der Waals surface area contributed by atoms with E-state index in [0.29, 0.717) is 6.54 Å². The molecule has 0 aliphatic heterocycles.